The van der Waals surface area contributed by atoms with Crippen LogP contribution in [-0.2, 0) is 0 Å². The summed E-state index contributed by atoms with van der Waals surface area (Å²) in [6.07, 6.45) is 0. The highest BCUT2D eigenvalue weighted by atomic mass is 79.9. The predicted octanol–water partition coefficient (Wildman–Crippen LogP) is 6.81. The van der Waals surface area contributed by atoms with Crippen molar-refractivity contribution in [2.45, 2.75) is 13.0 Å². The monoisotopic (exact) mass is 495 g/mol. The Bertz CT molecular complexity index is 664. The Morgan fingerprint density at radius 1 is 1.10 bits per heavy atom. The zero-order valence-corrected chi connectivity index (χ0v) is 16.9. The lowest BCUT2D eigenvalue weighted by molar-refractivity contribution is 0.413. The van der Waals surface area contributed by atoms with Gasteiger partial charge in [-0.05, 0) is 52.7 Å². The summed E-state index contributed by atoms with van der Waals surface area (Å²) in [6, 6.07) is 9.87. The normalized spacial score (nSPS) is 12.1. The first kappa shape index (κ1) is 17.1. The largest absolute Gasteiger partial charge is 0.493 e. The Morgan fingerprint density at radius 3 is 2.43 bits per heavy atom. The number of anilines is 1. The maximum absolute atomic E-state index is 6.12. The van der Waals surface area contributed by atoms with Crippen LogP contribution in [0, 0.1) is 0 Å². The zero-order chi connectivity index (χ0) is 15.6. The lowest BCUT2D eigenvalue weighted by Gasteiger charge is -2.20. The summed E-state index contributed by atoms with van der Waals surface area (Å²) in [5, 5.41) is 4.08. The highest BCUT2D eigenvalue weighted by Crippen LogP contribution is 2.38. The fourth-order valence-electron chi connectivity index (χ4n) is 2.04. The average Bonchev–Trinajstić information content (AvgIpc) is 2.37. The van der Waals surface area contributed by atoms with Crippen LogP contribution in [0.25, 0.3) is 0 Å². The summed E-state index contributed by atoms with van der Waals surface area (Å²) in [7, 11) is 1.64. The fourth-order valence-corrected chi connectivity index (χ4v) is 4.40. The van der Waals surface area contributed by atoms with Gasteiger partial charge in [-0.25, -0.2) is 0 Å². The molecule has 0 aliphatic heterocycles. The highest BCUT2D eigenvalue weighted by molar-refractivity contribution is 9.11. The Kier molecular flexibility index (Phi) is 6.00. The molecule has 2 rings (SSSR count). The first-order valence-corrected chi connectivity index (χ1v) is 8.92. The van der Waals surface area contributed by atoms with Gasteiger partial charge in [-0.3, -0.25) is 0 Å². The van der Waals surface area contributed by atoms with Gasteiger partial charge in [0.15, 0.2) is 5.75 Å². The van der Waals surface area contributed by atoms with Gasteiger partial charge in [0.2, 0.25) is 0 Å². The lowest BCUT2D eigenvalue weighted by Crippen LogP contribution is -2.08. The molecule has 1 N–H and O–H groups in total. The van der Waals surface area contributed by atoms with Crippen LogP contribution in [0.1, 0.15) is 18.5 Å². The number of ether oxygens (including phenoxy) is 1. The Labute approximate surface area is 154 Å². The number of methoxy groups -OCH3 is 1. The van der Waals surface area contributed by atoms with E-state index in [-0.39, 0.29) is 6.04 Å². The molecule has 0 bridgehead atoms. The molecule has 0 radical (unpaired) electrons. The van der Waals surface area contributed by atoms with Crippen molar-refractivity contribution in [2.75, 3.05) is 12.4 Å². The van der Waals surface area contributed by atoms with Crippen molar-refractivity contribution in [3.63, 3.8) is 0 Å². The van der Waals surface area contributed by atoms with Gasteiger partial charge in [0.05, 0.1) is 17.3 Å². The first-order valence-electron chi connectivity index (χ1n) is 6.17. The molecule has 1 atom stereocenters. The van der Waals surface area contributed by atoms with Gasteiger partial charge in [-0.15, -0.1) is 0 Å². The van der Waals surface area contributed by atoms with E-state index in [0.717, 1.165) is 30.4 Å². The molecule has 2 nitrogen and oxygen atoms in total. The van der Waals surface area contributed by atoms with E-state index >= 15 is 0 Å². The van der Waals surface area contributed by atoms with E-state index in [1.807, 2.05) is 24.3 Å². The standard InChI is InChI=1S/C15H13Br3ClNO/c1-8(11-4-3-9(16)5-12(11)17)20-14-7-10(19)6-13(18)15(14)21-2/h3-8,20H,1-2H3. The molecule has 0 saturated carbocycles. The van der Waals surface area contributed by atoms with Crippen molar-refractivity contribution in [1.82, 2.24) is 0 Å². The molecule has 0 aliphatic carbocycles. The summed E-state index contributed by atoms with van der Waals surface area (Å²) in [4.78, 5) is 0. The molecule has 0 saturated heterocycles. The van der Waals surface area contributed by atoms with Gasteiger partial charge in [-0.1, -0.05) is 49.5 Å². The zero-order valence-electron chi connectivity index (χ0n) is 11.4. The van der Waals surface area contributed by atoms with Crippen molar-refractivity contribution < 1.29 is 4.74 Å². The van der Waals surface area contributed by atoms with E-state index in [1.54, 1.807) is 7.11 Å². The minimum atomic E-state index is 0.0896. The number of benzene rings is 2. The third-order valence-corrected chi connectivity index (χ3v) is 5.00. The lowest BCUT2D eigenvalue weighted by atomic mass is 10.1. The topological polar surface area (TPSA) is 21.3 Å². The Morgan fingerprint density at radius 2 is 1.81 bits per heavy atom. The maximum atomic E-state index is 6.12. The highest BCUT2D eigenvalue weighted by Gasteiger charge is 2.14. The number of hydrogen-bond acceptors (Lipinski definition) is 2. The van der Waals surface area contributed by atoms with Crippen LogP contribution in [0.15, 0.2) is 43.7 Å². The number of halogens is 4. The second-order valence-electron chi connectivity index (χ2n) is 4.50. The van der Waals surface area contributed by atoms with Crippen molar-refractivity contribution in [1.29, 1.82) is 0 Å². The summed E-state index contributed by atoms with van der Waals surface area (Å²) in [5.41, 5.74) is 2.00. The molecular formula is C15H13Br3ClNO. The van der Waals surface area contributed by atoms with Crippen LogP contribution in [0.3, 0.4) is 0 Å². The van der Waals surface area contributed by atoms with Gasteiger partial charge in [0, 0.05) is 20.0 Å². The molecular weight excluding hydrogens is 485 g/mol. The van der Waals surface area contributed by atoms with Gasteiger partial charge in [0.1, 0.15) is 0 Å². The van der Waals surface area contributed by atoms with Gasteiger partial charge in [0.25, 0.3) is 0 Å². The van der Waals surface area contributed by atoms with Crippen molar-refractivity contribution in [3.8, 4) is 5.75 Å². The third-order valence-electron chi connectivity index (χ3n) is 3.01. The SMILES string of the molecule is COc1c(Br)cc(Cl)cc1NC(C)c1ccc(Br)cc1Br. The number of nitrogens with one attached hydrogen (secondary N) is 1. The van der Waals surface area contributed by atoms with Crippen molar-refractivity contribution >= 4 is 65.1 Å². The van der Waals surface area contributed by atoms with Crippen LogP contribution < -0.4 is 10.1 Å². The summed E-state index contributed by atoms with van der Waals surface area (Å²) in [5.74, 6) is 0.736. The molecule has 1 unspecified atom stereocenters. The molecule has 0 amide bonds. The minimum absolute atomic E-state index is 0.0896. The van der Waals surface area contributed by atoms with Gasteiger partial charge in [-0.2, -0.15) is 0 Å². The van der Waals surface area contributed by atoms with Gasteiger partial charge < -0.3 is 10.1 Å². The second kappa shape index (κ2) is 7.36. The van der Waals surface area contributed by atoms with E-state index in [9.17, 15) is 0 Å². The van der Waals surface area contributed by atoms with Crippen molar-refractivity contribution in [3.05, 3.63) is 54.3 Å². The summed E-state index contributed by atoms with van der Waals surface area (Å²) < 4.78 is 8.33. The first-order chi connectivity index (χ1) is 9.92. The Balaban J connectivity index is 2.33. The molecule has 0 heterocycles. The molecule has 2 aromatic rings. The summed E-state index contributed by atoms with van der Waals surface area (Å²) >= 11 is 16.6. The molecule has 2 aromatic carbocycles. The molecule has 0 fully saturated rings. The Hall–Kier alpha value is -0.230. The van der Waals surface area contributed by atoms with E-state index in [4.69, 9.17) is 16.3 Å². The predicted molar refractivity (Wildman–Crippen MR) is 99.6 cm³/mol. The van der Waals surface area contributed by atoms with Crippen LogP contribution in [-0.4, -0.2) is 7.11 Å². The molecule has 112 valence electrons. The van der Waals surface area contributed by atoms with E-state index in [1.165, 1.54) is 0 Å². The fraction of sp³-hybridized carbons (Fsp3) is 0.200. The number of hydrogen-bond donors (Lipinski definition) is 1. The van der Waals surface area contributed by atoms with E-state index in [0.29, 0.717) is 5.02 Å². The van der Waals surface area contributed by atoms with E-state index < -0.39 is 0 Å². The van der Waals surface area contributed by atoms with Crippen LogP contribution in [0.5, 0.6) is 5.75 Å². The molecule has 6 heteroatoms. The molecule has 0 aliphatic rings. The smallest absolute Gasteiger partial charge is 0.156 e. The van der Waals surface area contributed by atoms with Crippen LogP contribution in [0.4, 0.5) is 5.69 Å². The maximum Gasteiger partial charge on any atom is 0.156 e. The molecule has 0 aromatic heterocycles. The number of rotatable bonds is 4. The van der Waals surface area contributed by atoms with Crippen molar-refractivity contribution in [2.24, 2.45) is 0 Å². The van der Waals surface area contributed by atoms with Crippen LogP contribution >= 0.6 is 59.4 Å². The van der Waals surface area contributed by atoms with Gasteiger partial charge >= 0.3 is 0 Å². The third kappa shape index (κ3) is 4.15. The quantitative estimate of drug-likeness (QED) is 0.500. The summed E-state index contributed by atoms with van der Waals surface area (Å²) in [6.45, 7) is 2.09. The average molecular weight is 498 g/mol. The molecule has 0 spiro atoms. The minimum Gasteiger partial charge on any atom is -0.493 e. The van der Waals surface area contributed by atoms with E-state index in [2.05, 4.69) is 66.1 Å². The molecule has 21 heavy (non-hydrogen) atoms. The van der Waals surface area contributed by atoms with Crippen LogP contribution in [0.2, 0.25) is 5.02 Å². The second-order valence-corrected chi connectivity index (χ2v) is 7.56.